The third-order valence-electron chi connectivity index (χ3n) is 3.14. The lowest BCUT2D eigenvalue weighted by atomic mass is 9.99. The molecular formula is C16H17FO2. The van der Waals surface area contributed by atoms with Crippen molar-refractivity contribution in [3.8, 4) is 5.75 Å². The number of halogens is 1. The van der Waals surface area contributed by atoms with Crippen LogP contribution in [-0.2, 0) is 6.42 Å². The summed E-state index contributed by atoms with van der Waals surface area (Å²) in [7, 11) is 1.59. The lowest BCUT2D eigenvalue weighted by molar-refractivity contribution is 0.173. The zero-order valence-corrected chi connectivity index (χ0v) is 11.1. The lowest BCUT2D eigenvalue weighted by Crippen LogP contribution is -2.05. The molecule has 1 unspecified atom stereocenters. The van der Waals surface area contributed by atoms with E-state index in [1.165, 1.54) is 0 Å². The molecule has 3 heteroatoms. The molecule has 100 valence electrons. The van der Waals surface area contributed by atoms with Gasteiger partial charge in [0.1, 0.15) is 11.6 Å². The summed E-state index contributed by atoms with van der Waals surface area (Å²) < 4.78 is 19.0. The van der Waals surface area contributed by atoms with Crippen LogP contribution >= 0.6 is 0 Å². The predicted molar refractivity (Wildman–Crippen MR) is 72.8 cm³/mol. The largest absolute Gasteiger partial charge is 0.497 e. The molecule has 2 nitrogen and oxygen atoms in total. The Kier molecular flexibility index (Phi) is 4.17. The molecule has 1 N–H and O–H groups in total. The molecule has 0 aromatic heterocycles. The van der Waals surface area contributed by atoms with Gasteiger partial charge in [0, 0.05) is 12.0 Å². The summed E-state index contributed by atoms with van der Waals surface area (Å²) in [6.07, 6.45) is -0.496. The fraction of sp³-hybridized carbons (Fsp3) is 0.250. The SMILES string of the molecule is COc1cccc(CC(O)c2cccc(C)c2F)c1. The van der Waals surface area contributed by atoms with Gasteiger partial charge in [0.2, 0.25) is 0 Å². The van der Waals surface area contributed by atoms with Crippen molar-refractivity contribution in [2.75, 3.05) is 7.11 Å². The Morgan fingerprint density at radius 1 is 1.21 bits per heavy atom. The Labute approximate surface area is 112 Å². The zero-order chi connectivity index (χ0) is 13.8. The molecule has 0 amide bonds. The van der Waals surface area contributed by atoms with Gasteiger partial charge in [-0.25, -0.2) is 4.39 Å². The smallest absolute Gasteiger partial charge is 0.131 e. The molecule has 0 radical (unpaired) electrons. The van der Waals surface area contributed by atoms with E-state index in [1.807, 2.05) is 24.3 Å². The van der Waals surface area contributed by atoms with E-state index in [0.717, 1.165) is 11.3 Å². The van der Waals surface area contributed by atoms with Crippen molar-refractivity contribution in [1.29, 1.82) is 0 Å². The monoisotopic (exact) mass is 260 g/mol. The third kappa shape index (κ3) is 3.12. The van der Waals surface area contributed by atoms with Gasteiger partial charge in [-0.2, -0.15) is 0 Å². The van der Waals surface area contributed by atoms with Crippen molar-refractivity contribution in [2.45, 2.75) is 19.4 Å². The molecule has 19 heavy (non-hydrogen) atoms. The minimum Gasteiger partial charge on any atom is -0.497 e. The van der Waals surface area contributed by atoms with Crippen LogP contribution in [-0.4, -0.2) is 12.2 Å². The average molecular weight is 260 g/mol. The number of methoxy groups -OCH3 is 1. The van der Waals surface area contributed by atoms with E-state index in [-0.39, 0.29) is 5.82 Å². The maximum atomic E-state index is 13.9. The van der Waals surface area contributed by atoms with E-state index in [0.29, 0.717) is 17.5 Å². The molecule has 1 atom stereocenters. The molecule has 2 aromatic carbocycles. The van der Waals surface area contributed by atoms with Crippen LogP contribution in [0.3, 0.4) is 0 Å². The molecule has 0 fully saturated rings. The molecule has 0 saturated carbocycles. The summed E-state index contributed by atoms with van der Waals surface area (Å²) in [5.74, 6) is 0.396. The predicted octanol–water partition coefficient (Wildman–Crippen LogP) is 3.42. The van der Waals surface area contributed by atoms with Crippen LogP contribution < -0.4 is 4.74 Å². The van der Waals surface area contributed by atoms with E-state index in [4.69, 9.17) is 4.74 Å². The average Bonchev–Trinajstić information content (AvgIpc) is 2.42. The van der Waals surface area contributed by atoms with Gasteiger partial charge in [0.25, 0.3) is 0 Å². The van der Waals surface area contributed by atoms with Gasteiger partial charge in [0.15, 0.2) is 0 Å². The highest BCUT2D eigenvalue weighted by Crippen LogP contribution is 2.24. The topological polar surface area (TPSA) is 29.5 Å². The van der Waals surface area contributed by atoms with Gasteiger partial charge in [-0.1, -0.05) is 30.3 Å². The second kappa shape index (κ2) is 5.85. The molecule has 0 aliphatic heterocycles. The van der Waals surface area contributed by atoms with Crippen LogP contribution in [0.1, 0.15) is 22.8 Å². The summed E-state index contributed by atoms with van der Waals surface area (Å²) in [4.78, 5) is 0. The molecule has 0 bridgehead atoms. The van der Waals surface area contributed by atoms with Gasteiger partial charge in [-0.15, -0.1) is 0 Å². The first-order valence-corrected chi connectivity index (χ1v) is 6.18. The minimum atomic E-state index is -0.855. The van der Waals surface area contributed by atoms with Gasteiger partial charge < -0.3 is 9.84 Å². The summed E-state index contributed by atoms with van der Waals surface area (Å²) in [6, 6.07) is 12.5. The highest BCUT2D eigenvalue weighted by molar-refractivity contribution is 5.31. The maximum Gasteiger partial charge on any atom is 0.131 e. The minimum absolute atomic E-state index is 0.335. The number of rotatable bonds is 4. The summed E-state index contributed by atoms with van der Waals surface area (Å²) >= 11 is 0. The quantitative estimate of drug-likeness (QED) is 0.912. The van der Waals surface area contributed by atoms with Crippen molar-refractivity contribution < 1.29 is 14.2 Å². The van der Waals surface area contributed by atoms with Crippen molar-refractivity contribution in [2.24, 2.45) is 0 Å². The molecule has 0 heterocycles. The van der Waals surface area contributed by atoms with Crippen LogP contribution in [0.5, 0.6) is 5.75 Å². The van der Waals surface area contributed by atoms with Crippen molar-refractivity contribution in [3.63, 3.8) is 0 Å². The highest BCUT2D eigenvalue weighted by atomic mass is 19.1. The standard InChI is InChI=1S/C16H17FO2/c1-11-5-3-8-14(16(11)17)15(18)10-12-6-4-7-13(9-12)19-2/h3-9,15,18H,10H2,1-2H3. The van der Waals surface area contributed by atoms with E-state index in [9.17, 15) is 9.50 Å². The first-order chi connectivity index (χ1) is 9.11. The van der Waals surface area contributed by atoms with Gasteiger partial charge in [-0.3, -0.25) is 0 Å². The summed E-state index contributed by atoms with van der Waals surface area (Å²) in [5, 5.41) is 10.2. The Bertz CT molecular complexity index is 566. The van der Waals surface area contributed by atoms with Crippen LogP contribution in [0.15, 0.2) is 42.5 Å². The second-order valence-corrected chi connectivity index (χ2v) is 4.55. The molecular weight excluding hydrogens is 243 g/mol. The first-order valence-electron chi connectivity index (χ1n) is 6.18. The molecule has 0 spiro atoms. The van der Waals surface area contributed by atoms with Crippen molar-refractivity contribution in [1.82, 2.24) is 0 Å². The third-order valence-corrected chi connectivity index (χ3v) is 3.14. The number of aryl methyl sites for hydroxylation is 1. The van der Waals surface area contributed by atoms with E-state index < -0.39 is 6.10 Å². The van der Waals surface area contributed by atoms with E-state index >= 15 is 0 Å². The Morgan fingerprint density at radius 2 is 1.95 bits per heavy atom. The zero-order valence-electron chi connectivity index (χ0n) is 11.1. The fourth-order valence-corrected chi connectivity index (χ4v) is 2.06. The second-order valence-electron chi connectivity index (χ2n) is 4.55. The number of aliphatic hydroxyl groups is 1. The van der Waals surface area contributed by atoms with Gasteiger partial charge in [0.05, 0.1) is 13.2 Å². The van der Waals surface area contributed by atoms with Crippen LogP contribution in [0.4, 0.5) is 4.39 Å². The molecule has 0 aliphatic rings. The van der Waals surface area contributed by atoms with Gasteiger partial charge in [-0.05, 0) is 30.2 Å². The first kappa shape index (κ1) is 13.6. The fourth-order valence-electron chi connectivity index (χ4n) is 2.06. The van der Waals surface area contributed by atoms with Gasteiger partial charge >= 0.3 is 0 Å². The van der Waals surface area contributed by atoms with E-state index in [1.54, 1.807) is 32.2 Å². The number of hydrogen-bond acceptors (Lipinski definition) is 2. The summed E-state index contributed by atoms with van der Waals surface area (Å²) in [5.41, 5.74) is 1.79. The van der Waals surface area contributed by atoms with Crippen LogP contribution in [0.25, 0.3) is 0 Å². The van der Waals surface area contributed by atoms with Crippen LogP contribution in [0.2, 0.25) is 0 Å². The number of ether oxygens (including phenoxy) is 1. The molecule has 2 rings (SSSR count). The van der Waals surface area contributed by atoms with Crippen molar-refractivity contribution in [3.05, 3.63) is 65.0 Å². The van der Waals surface area contributed by atoms with E-state index in [2.05, 4.69) is 0 Å². The summed E-state index contributed by atoms with van der Waals surface area (Å²) in [6.45, 7) is 1.69. The number of hydrogen-bond donors (Lipinski definition) is 1. The normalized spacial score (nSPS) is 12.2. The van der Waals surface area contributed by atoms with Crippen LogP contribution in [0, 0.1) is 12.7 Å². The number of aliphatic hydroxyl groups excluding tert-OH is 1. The molecule has 2 aromatic rings. The highest BCUT2D eigenvalue weighted by Gasteiger charge is 2.14. The van der Waals surface area contributed by atoms with Crippen molar-refractivity contribution >= 4 is 0 Å². The Balaban J connectivity index is 2.20. The molecule has 0 aliphatic carbocycles. The Morgan fingerprint density at radius 3 is 2.68 bits per heavy atom. The molecule has 0 saturated heterocycles. The number of benzene rings is 2. The lowest BCUT2D eigenvalue weighted by Gasteiger charge is -2.13. The Hall–Kier alpha value is -1.87. The maximum absolute atomic E-state index is 13.9.